The Labute approximate surface area is 180 Å². The summed E-state index contributed by atoms with van der Waals surface area (Å²) in [5.74, 6) is -0.578. The summed E-state index contributed by atoms with van der Waals surface area (Å²) in [6, 6.07) is 2.81. The molecule has 3 aromatic rings. The number of alkyl halides is 3. The third-order valence-corrected chi connectivity index (χ3v) is 5.00. The lowest BCUT2D eigenvalue weighted by molar-refractivity contribution is -0.141. The number of aryl methyl sites for hydroxylation is 1. The summed E-state index contributed by atoms with van der Waals surface area (Å²) in [5, 5.41) is 16.7. The van der Waals surface area contributed by atoms with E-state index in [2.05, 4.69) is 20.4 Å². The van der Waals surface area contributed by atoms with Gasteiger partial charge in [-0.3, -0.25) is 14.5 Å². The molecular weight excluding hydrogens is 429 g/mol. The van der Waals surface area contributed by atoms with Gasteiger partial charge in [0, 0.05) is 30.6 Å². The van der Waals surface area contributed by atoms with Gasteiger partial charge in [0.25, 0.3) is 5.91 Å². The van der Waals surface area contributed by atoms with E-state index in [-0.39, 0.29) is 41.4 Å². The smallest absolute Gasteiger partial charge is 0.396 e. The van der Waals surface area contributed by atoms with E-state index in [1.165, 1.54) is 23.0 Å². The molecule has 0 spiro atoms. The molecule has 0 bridgehead atoms. The number of halogens is 3. The molecule has 0 unspecified atom stereocenters. The minimum atomic E-state index is -4.58. The first kappa shape index (κ1) is 21.7. The molecule has 1 aliphatic rings. The third-order valence-electron chi connectivity index (χ3n) is 5.00. The lowest BCUT2D eigenvalue weighted by Gasteiger charge is -2.17. The largest absolute Gasteiger partial charge is 0.433 e. The van der Waals surface area contributed by atoms with Gasteiger partial charge in [-0.1, -0.05) is 0 Å². The molecule has 1 aliphatic heterocycles. The molecule has 0 saturated carbocycles. The number of aliphatic hydroxyl groups excluding tert-OH is 1. The van der Waals surface area contributed by atoms with Crippen molar-refractivity contribution in [1.82, 2.24) is 25.1 Å². The van der Waals surface area contributed by atoms with Gasteiger partial charge in [0.1, 0.15) is 5.69 Å². The Morgan fingerprint density at radius 2 is 2.06 bits per heavy atom. The number of aromatic nitrogens is 4. The van der Waals surface area contributed by atoms with Crippen LogP contribution in [-0.4, -0.2) is 56.1 Å². The predicted molar refractivity (Wildman–Crippen MR) is 107 cm³/mol. The Bertz CT molecular complexity index is 1150. The van der Waals surface area contributed by atoms with Crippen molar-refractivity contribution in [2.45, 2.75) is 18.3 Å². The van der Waals surface area contributed by atoms with Gasteiger partial charge in [0.15, 0.2) is 0 Å². The van der Waals surface area contributed by atoms with Crippen molar-refractivity contribution >= 4 is 11.6 Å². The van der Waals surface area contributed by atoms with Gasteiger partial charge < -0.3 is 20.9 Å². The molecule has 1 amide bonds. The van der Waals surface area contributed by atoms with Crippen molar-refractivity contribution in [3.8, 4) is 22.5 Å². The van der Waals surface area contributed by atoms with Crippen LogP contribution in [0.3, 0.4) is 0 Å². The number of ether oxygens (including phenoxy) is 1. The van der Waals surface area contributed by atoms with Gasteiger partial charge in [-0.15, -0.1) is 0 Å². The molecule has 0 aromatic carbocycles. The molecule has 0 aliphatic carbocycles. The normalized spacial score (nSPS) is 18.7. The maximum Gasteiger partial charge on any atom is 0.433 e. The molecule has 1 fully saturated rings. The Morgan fingerprint density at radius 1 is 1.28 bits per heavy atom. The van der Waals surface area contributed by atoms with E-state index in [4.69, 9.17) is 10.5 Å². The highest BCUT2D eigenvalue weighted by atomic mass is 19.4. The Balaban J connectivity index is 1.78. The van der Waals surface area contributed by atoms with Gasteiger partial charge in [-0.2, -0.15) is 18.3 Å². The molecule has 4 heterocycles. The minimum absolute atomic E-state index is 0.0489. The molecule has 9 nitrogen and oxygen atoms in total. The fourth-order valence-corrected chi connectivity index (χ4v) is 3.29. The second-order valence-corrected chi connectivity index (χ2v) is 7.33. The number of anilines is 1. The van der Waals surface area contributed by atoms with Crippen molar-refractivity contribution in [1.29, 1.82) is 0 Å². The molecule has 4 N–H and O–H groups in total. The van der Waals surface area contributed by atoms with Crippen LogP contribution in [0.2, 0.25) is 0 Å². The summed E-state index contributed by atoms with van der Waals surface area (Å²) in [6.45, 7) is 0.239. The molecule has 168 valence electrons. The maximum absolute atomic E-state index is 13.0. The van der Waals surface area contributed by atoms with Crippen molar-refractivity contribution < 1.29 is 27.8 Å². The first-order valence-electron chi connectivity index (χ1n) is 9.53. The van der Waals surface area contributed by atoms with E-state index >= 15 is 0 Å². The molecule has 32 heavy (non-hydrogen) atoms. The Morgan fingerprint density at radius 3 is 2.62 bits per heavy atom. The minimum Gasteiger partial charge on any atom is -0.396 e. The number of carbonyl (C=O) groups is 1. The molecule has 4 rings (SSSR count). The van der Waals surface area contributed by atoms with Crippen molar-refractivity contribution in [2.24, 2.45) is 7.05 Å². The van der Waals surface area contributed by atoms with Crippen LogP contribution in [0.15, 0.2) is 36.8 Å². The molecule has 12 heteroatoms. The number of rotatable bonds is 4. The average Bonchev–Trinajstić information content (AvgIpc) is 3.35. The molecule has 2 atom stereocenters. The summed E-state index contributed by atoms with van der Waals surface area (Å²) >= 11 is 0. The number of nitrogens with two attached hydrogens (primary N) is 1. The van der Waals surface area contributed by atoms with Gasteiger partial charge in [-0.05, 0) is 18.2 Å². The standard InChI is InChI=1S/C20H19F3N6O3/c1-29-7-11(6-26-29)18-17(24)12(19(31)28-14-8-32-9-15(14)30)4-13(27-18)10-2-3-16(25-5-10)20(21,22)23/h2-7,14-15,30H,8-9,24H2,1H3,(H,28,31)/t14-,15+/m1/s1. The monoisotopic (exact) mass is 448 g/mol. The number of aliphatic hydroxyl groups is 1. The van der Waals surface area contributed by atoms with E-state index in [9.17, 15) is 23.1 Å². The number of pyridine rings is 2. The molecule has 3 aromatic heterocycles. The highest BCUT2D eigenvalue weighted by molar-refractivity contribution is 6.03. The first-order valence-corrected chi connectivity index (χ1v) is 9.53. The van der Waals surface area contributed by atoms with Crippen LogP contribution in [0, 0.1) is 0 Å². The molecule has 0 radical (unpaired) electrons. The summed E-state index contributed by atoms with van der Waals surface area (Å²) in [6.07, 6.45) is -1.26. The van der Waals surface area contributed by atoms with E-state index in [0.717, 1.165) is 12.3 Å². The van der Waals surface area contributed by atoms with Crippen LogP contribution < -0.4 is 11.1 Å². The Hall–Kier alpha value is -3.51. The zero-order valence-electron chi connectivity index (χ0n) is 16.8. The number of amides is 1. The number of nitrogen functional groups attached to an aromatic ring is 1. The predicted octanol–water partition coefficient (Wildman–Crippen LogP) is 1.63. The second kappa shape index (κ2) is 8.20. The van der Waals surface area contributed by atoms with Crippen LogP contribution in [0.5, 0.6) is 0 Å². The van der Waals surface area contributed by atoms with Crippen LogP contribution in [0.1, 0.15) is 16.1 Å². The van der Waals surface area contributed by atoms with Crippen LogP contribution >= 0.6 is 0 Å². The number of hydrogen-bond donors (Lipinski definition) is 3. The first-order chi connectivity index (χ1) is 15.1. The second-order valence-electron chi connectivity index (χ2n) is 7.33. The van der Waals surface area contributed by atoms with Gasteiger partial charge in [0.05, 0.1) is 54.2 Å². The SMILES string of the molecule is Cn1cc(-c2nc(-c3ccc(C(F)(F)F)nc3)cc(C(=O)N[C@@H]3COC[C@@H]3O)c2N)cn1. The zero-order chi connectivity index (χ0) is 23.0. The number of nitrogens with one attached hydrogen (secondary N) is 1. The number of nitrogens with zero attached hydrogens (tertiary/aromatic N) is 4. The van der Waals surface area contributed by atoms with E-state index < -0.39 is 29.9 Å². The highest BCUT2D eigenvalue weighted by Crippen LogP contribution is 2.32. The molecule has 1 saturated heterocycles. The Kier molecular flexibility index (Phi) is 5.57. The quantitative estimate of drug-likeness (QED) is 0.554. The van der Waals surface area contributed by atoms with Crippen molar-refractivity contribution in [3.63, 3.8) is 0 Å². The lowest BCUT2D eigenvalue weighted by Crippen LogP contribution is -2.42. The third kappa shape index (κ3) is 4.27. The number of hydrogen-bond acceptors (Lipinski definition) is 7. The molecular formula is C20H19F3N6O3. The fourth-order valence-electron chi connectivity index (χ4n) is 3.29. The summed E-state index contributed by atoms with van der Waals surface area (Å²) in [4.78, 5) is 20.9. The number of carbonyl (C=O) groups excluding carboxylic acids is 1. The zero-order valence-corrected chi connectivity index (χ0v) is 16.8. The van der Waals surface area contributed by atoms with E-state index in [1.54, 1.807) is 13.2 Å². The summed E-state index contributed by atoms with van der Waals surface area (Å²) in [7, 11) is 1.69. The topological polar surface area (TPSA) is 128 Å². The summed E-state index contributed by atoms with van der Waals surface area (Å²) in [5.41, 5.74) is 6.54. The van der Waals surface area contributed by atoms with Crippen LogP contribution in [-0.2, 0) is 18.0 Å². The van der Waals surface area contributed by atoms with Crippen LogP contribution in [0.25, 0.3) is 22.5 Å². The van der Waals surface area contributed by atoms with Crippen molar-refractivity contribution in [2.75, 3.05) is 18.9 Å². The van der Waals surface area contributed by atoms with E-state index in [1.807, 2.05) is 0 Å². The van der Waals surface area contributed by atoms with Gasteiger partial charge in [-0.25, -0.2) is 4.98 Å². The highest BCUT2D eigenvalue weighted by Gasteiger charge is 2.32. The average molecular weight is 448 g/mol. The maximum atomic E-state index is 13.0. The lowest BCUT2D eigenvalue weighted by atomic mass is 10.0. The van der Waals surface area contributed by atoms with E-state index in [0.29, 0.717) is 5.56 Å². The van der Waals surface area contributed by atoms with Crippen LogP contribution in [0.4, 0.5) is 18.9 Å². The van der Waals surface area contributed by atoms with Crippen molar-refractivity contribution in [3.05, 3.63) is 48.0 Å². The fraction of sp³-hybridized carbons (Fsp3) is 0.300. The summed E-state index contributed by atoms with van der Waals surface area (Å²) < 4.78 is 45.3. The van der Waals surface area contributed by atoms with Gasteiger partial charge in [0.2, 0.25) is 0 Å². The van der Waals surface area contributed by atoms with Gasteiger partial charge >= 0.3 is 6.18 Å².